The van der Waals surface area contributed by atoms with Gasteiger partial charge in [0.25, 0.3) is 0 Å². The smallest absolute Gasteiger partial charge is 0.126 e. The van der Waals surface area contributed by atoms with Gasteiger partial charge in [-0.25, -0.2) is 4.39 Å². The van der Waals surface area contributed by atoms with Crippen molar-refractivity contribution in [3.63, 3.8) is 0 Å². The summed E-state index contributed by atoms with van der Waals surface area (Å²) in [5.74, 6) is 0.504. The lowest BCUT2D eigenvalue weighted by atomic mass is 9.87. The van der Waals surface area contributed by atoms with Crippen LogP contribution < -0.4 is 0 Å². The van der Waals surface area contributed by atoms with Crippen LogP contribution in [0.15, 0.2) is 30.4 Å². The molecule has 1 aromatic carbocycles. The molecule has 16 heavy (non-hydrogen) atoms. The third kappa shape index (κ3) is 2.52. The molecule has 1 heteroatoms. The molecule has 0 radical (unpaired) electrons. The third-order valence-electron chi connectivity index (χ3n) is 3.34. The van der Waals surface area contributed by atoms with Crippen molar-refractivity contribution < 1.29 is 4.39 Å². The summed E-state index contributed by atoms with van der Waals surface area (Å²) in [5, 5.41) is 0. The summed E-state index contributed by atoms with van der Waals surface area (Å²) >= 11 is 0. The first kappa shape index (κ1) is 11.4. The van der Waals surface area contributed by atoms with Gasteiger partial charge in [-0.2, -0.15) is 0 Å². The van der Waals surface area contributed by atoms with E-state index in [9.17, 15) is 4.39 Å². The first-order chi connectivity index (χ1) is 7.81. The fourth-order valence-electron chi connectivity index (χ4n) is 2.39. The molecule has 0 spiro atoms. The van der Waals surface area contributed by atoms with Crippen molar-refractivity contribution in [2.75, 3.05) is 0 Å². The second-order valence-corrected chi connectivity index (χ2v) is 4.58. The molecule has 2 rings (SSSR count). The molecule has 0 aromatic heterocycles. The Labute approximate surface area is 97.2 Å². The molecule has 1 unspecified atom stereocenters. The predicted molar refractivity (Wildman–Crippen MR) is 66.1 cm³/mol. The summed E-state index contributed by atoms with van der Waals surface area (Å²) in [6.45, 7) is 2.08. The number of hydrogen-bond acceptors (Lipinski definition) is 0. The van der Waals surface area contributed by atoms with Gasteiger partial charge in [-0.15, -0.1) is 0 Å². The van der Waals surface area contributed by atoms with Crippen molar-refractivity contribution in [2.45, 2.75) is 44.9 Å². The second kappa shape index (κ2) is 5.29. The van der Waals surface area contributed by atoms with Crippen LogP contribution >= 0.6 is 0 Å². The summed E-state index contributed by atoms with van der Waals surface area (Å²) in [7, 11) is 0. The Morgan fingerprint density at radius 1 is 1.31 bits per heavy atom. The highest BCUT2D eigenvalue weighted by atomic mass is 19.1. The second-order valence-electron chi connectivity index (χ2n) is 4.58. The van der Waals surface area contributed by atoms with E-state index < -0.39 is 0 Å². The van der Waals surface area contributed by atoms with Crippen molar-refractivity contribution in [3.05, 3.63) is 47.3 Å². The summed E-state index contributed by atoms with van der Waals surface area (Å²) in [6.07, 6.45) is 9.63. The lowest BCUT2D eigenvalue weighted by Gasteiger charge is -2.18. The lowest BCUT2D eigenvalue weighted by Crippen LogP contribution is -2.02. The number of rotatable bonds is 3. The average molecular weight is 218 g/mol. The van der Waals surface area contributed by atoms with Gasteiger partial charge in [0.1, 0.15) is 5.82 Å². The largest absolute Gasteiger partial charge is 0.207 e. The van der Waals surface area contributed by atoms with E-state index in [0.29, 0.717) is 5.92 Å². The number of benzene rings is 1. The average Bonchev–Trinajstić information content (AvgIpc) is 2.33. The molecule has 1 aliphatic carbocycles. The van der Waals surface area contributed by atoms with Crippen LogP contribution in [-0.2, 0) is 6.42 Å². The zero-order chi connectivity index (χ0) is 11.4. The monoisotopic (exact) mass is 218 g/mol. The molecule has 1 aliphatic rings. The molecule has 0 aliphatic heterocycles. The highest BCUT2D eigenvalue weighted by Gasteiger charge is 2.13. The molecule has 86 valence electrons. The Hall–Kier alpha value is -1.11. The minimum atomic E-state index is -0.0195. The minimum absolute atomic E-state index is 0.0195. The third-order valence-corrected chi connectivity index (χ3v) is 3.34. The Morgan fingerprint density at radius 2 is 2.19 bits per heavy atom. The minimum Gasteiger partial charge on any atom is -0.207 e. The maximum atomic E-state index is 13.8. The van der Waals surface area contributed by atoms with Crippen LogP contribution in [0.25, 0.3) is 0 Å². The summed E-state index contributed by atoms with van der Waals surface area (Å²) in [6, 6.07) is 5.82. The van der Waals surface area contributed by atoms with E-state index in [2.05, 4.69) is 25.1 Å². The van der Waals surface area contributed by atoms with E-state index in [0.717, 1.165) is 37.7 Å². The number of hydrogen-bond donors (Lipinski definition) is 0. The molecular weight excluding hydrogens is 199 g/mol. The fourth-order valence-corrected chi connectivity index (χ4v) is 2.39. The van der Waals surface area contributed by atoms with Crippen molar-refractivity contribution in [3.8, 4) is 0 Å². The quantitative estimate of drug-likeness (QED) is 0.650. The number of allylic oxidation sites excluding steroid dienone is 2. The van der Waals surface area contributed by atoms with E-state index in [1.807, 2.05) is 6.07 Å². The van der Waals surface area contributed by atoms with Gasteiger partial charge in [0, 0.05) is 0 Å². The van der Waals surface area contributed by atoms with Crippen LogP contribution in [0.2, 0.25) is 0 Å². The van der Waals surface area contributed by atoms with Crippen molar-refractivity contribution in [1.82, 2.24) is 0 Å². The Kier molecular flexibility index (Phi) is 3.76. The zero-order valence-corrected chi connectivity index (χ0v) is 9.88. The standard InChI is InChI=1S/C15H19F/c1-2-6-13-9-10-14(11-15(13)16)12-7-4-3-5-8-12/h3-4,9-12H,2,5-8H2,1H3. The van der Waals surface area contributed by atoms with Crippen molar-refractivity contribution >= 4 is 0 Å². The van der Waals surface area contributed by atoms with E-state index in [1.165, 1.54) is 5.56 Å². The lowest BCUT2D eigenvalue weighted by molar-refractivity contribution is 0.584. The highest BCUT2D eigenvalue weighted by molar-refractivity contribution is 5.28. The van der Waals surface area contributed by atoms with Gasteiger partial charge in [-0.1, -0.05) is 37.6 Å². The Morgan fingerprint density at radius 3 is 2.81 bits per heavy atom. The predicted octanol–water partition coefficient (Wildman–Crippen LogP) is 4.60. The number of halogens is 1. The van der Waals surface area contributed by atoms with Crippen LogP contribution in [0.5, 0.6) is 0 Å². The molecule has 0 saturated carbocycles. The maximum absolute atomic E-state index is 13.8. The SMILES string of the molecule is CCCc1ccc(C2CC=CCC2)cc1F. The molecule has 0 nitrogen and oxygen atoms in total. The van der Waals surface area contributed by atoms with Gasteiger partial charge in [-0.3, -0.25) is 0 Å². The molecule has 0 fully saturated rings. The summed E-state index contributed by atoms with van der Waals surface area (Å²) in [4.78, 5) is 0. The van der Waals surface area contributed by atoms with Crippen molar-refractivity contribution in [1.29, 1.82) is 0 Å². The maximum Gasteiger partial charge on any atom is 0.126 e. The van der Waals surface area contributed by atoms with Gasteiger partial charge < -0.3 is 0 Å². The molecule has 0 saturated heterocycles. The van der Waals surface area contributed by atoms with Crippen LogP contribution in [-0.4, -0.2) is 0 Å². The van der Waals surface area contributed by atoms with Gasteiger partial charge in [0.05, 0.1) is 0 Å². The number of aryl methyl sites for hydroxylation is 1. The fraction of sp³-hybridized carbons (Fsp3) is 0.467. The molecule has 0 N–H and O–H groups in total. The van der Waals surface area contributed by atoms with Crippen molar-refractivity contribution in [2.24, 2.45) is 0 Å². The molecular formula is C15H19F. The van der Waals surface area contributed by atoms with Gasteiger partial charge in [-0.05, 0) is 48.8 Å². The van der Waals surface area contributed by atoms with E-state index in [1.54, 1.807) is 6.07 Å². The summed E-state index contributed by atoms with van der Waals surface area (Å²) < 4.78 is 13.8. The van der Waals surface area contributed by atoms with E-state index >= 15 is 0 Å². The molecule has 1 atom stereocenters. The van der Waals surface area contributed by atoms with Gasteiger partial charge in [0.15, 0.2) is 0 Å². The zero-order valence-electron chi connectivity index (χ0n) is 9.88. The van der Waals surface area contributed by atoms with Gasteiger partial charge in [0.2, 0.25) is 0 Å². The Balaban J connectivity index is 2.16. The highest BCUT2D eigenvalue weighted by Crippen LogP contribution is 2.30. The van der Waals surface area contributed by atoms with Crippen LogP contribution in [0.1, 0.15) is 49.7 Å². The normalized spacial score (nSPS) is 20.0. The van der Waals surface area contributed by atoms with E-state index in [4.69, 9.17) is 0 Å². The van der Waals surface area contributed by atoms with Crippen LogP contribution in [0.4, 0.5) is 4.39 Å². The summed E-state index contributed by atoms with van der Waals surface area (Å²) in [5.41, 5.74) is 2.03. The topological polar surface area (TPSA) is 0 Å². The molecule has 0 bridgehead atoms. The molecule has 0 heterocycles. The first-order valence-electron chi connectivity index (χ1n) is 6.24. The molecule has 1 aromatic rings. The van der Waals surface area contributed by atoms with E-state index in [-0.39, 0.29) is 5.82 Å². The Bertz CT molecular complexity index is 379. The van der Waals surface area contributed by atoms with Crippen LogP contribution in [0, 0.1) is 5.82 Å². The first-order valence-corrected chi connectivity index (χ1v) is 6.24. The van der Waals surface area contributed by atoms with Gasteiger partial charge >= 0.3 is 0 Å². The van der Waals surface area contributed by atoms with Crippen LogP contribution in [0.3, 0.4) is 0 Å². The molecule has 0 amide bonds.